The molecule has 1 saturated heterocycles. The van der Waals surface area contributed by atoms with Gasteiger partial charge in [0.1, 0.15) is 5.75 Å². The molecule has 29 heavy (non-hydrogen) atoms. The largest absolute Gasteiger partial charge is 0.496 e. The number of ether oxygens (including phenoxy) is 1. The maximum Gasteiger partial charge on any atom is 0.220 e. The number of amides is 1. The number of benzene rings is 1. The third-order valence-electron chi connectivity index (χ3n) is 5.53. The lowest BCUT2D eigenvalue weighted by Gasteiger charge is -2.29. The van der Waals surface area contributed by atoms with Crippen molar-refractivity contribution in [3.05, 3.63) is 35.7 Å². The number of hydrogen-bond acceptors (Lipinski definition) is 6. The topological polar surface area (TPSA) is 85.2 Å². The molecule has 2 heterocycles. The van der Waals surface area contributed by atoms with Crippen LogP contribution in [0, 0.1) is 5.92 Å². The van der Waals surface area contributed by atoms with Crippen molar-refractivity contribution in [3.63, 3.8) is 0 Å². The number of rotatable bonds is 10. The molecule has 3 rings (SSSR count). The van der Waals surface area contributed by atoms with E-state index in [1.807, 2.05) is 28.9 Å². The Balaban J connectivity index is 1.36. The molecule has 1 amide bonds. The first-order chi connectivity index (χ1) is 14.2. The Morgan fingerprint density at radius 1 is 1.28 bits per heavy atom. The summed E-state index contributed by atoms with van der Waals surface area (Å²) in [5.41, 5.74) is 1.10. The number of hydrogen-bond donors (Lipinski definition) is 1. The minimum atomic E-state index is 0.0551. The highest BCUT2D eigenvalue weighted by Crippen LogP contribution is 2.18. The van der Waals surface area contributed by atoms with Crippen molar-refractivity contribution in [2.75, 3.05) is 26.7 Å². The number of nitrogens with one attached hydrogen (secondary N) is 1. The van der Waals surface area contributed by atoms with E-state index < -0.39 is 0 Å². The van der Waals surface area contributed by atoms with Crippen molar-refractivity contribution in [2.45, 2.75) is 52.1 Å². The van der Waals surface area contributed by atoms with E-state index in [0.717, 1.165) is 55.5 Å². The van der Waals surface area contributed by atoms with Gasteiger partial charge in [-0.2, -0.15) is 0 Å². The molecule has 158 valence electrons. The molecule has 0 aliphatic carbocycles. The minimum absolute atomic E-state index is 0.0551. The number of aryl methyl sites for hydroxylation is 1. The molecule has 1 aromatic heterocycles. The molecule has 1 aliphatic rings. The van der Waals surface area contributed by atoms with E-state index in [1.54, 1.807) is 7.11 Å². The summed E-state index contributed by atoms with van der Waals surface area (Å²) in [5, 5.41) is 15.1. The SMILES string of the molecule is COc1ccccc1CCNC(=O)CCCn1nnnc1CN1CCC(C)CC1. The van der Waals surface area contributed by atoms with Crippen LogP contribution in [0.3, 0.4) is 0 Å². The molecule has 0 atom stereocenters. The van der Waals surface area contributed by atoms with Gasteiger partial charge in [-0.3, -0.25) is 9.69 Å². The molecule has 0 saturated carbocycles. The molecule has 1 aliphatic heterocycles. The summed E-state index contributed by atoms with van der Waals surface area (Å²) in [7, 11) is 1.66. The fourth-order valence-corrected chi connectivity index (χ4v) is 3.65. The van der Waals surface area contributed by atoms with E-state index in [4.69, 9.17) is 4.74 Å². The summed E-state index contributed by atoms with van der Waals surface area (Å²) in [6.07, 6.45) is 4.40. The summed E-state index contributed by atoms with van der Waals surface area (Å²) in [4.78, 5) is 14.5. The van der Waals surface area contributed by atoms with Gasteiger partial charge in [-0.1, -0.05) is 25.1 Å². The normalized spacial score (nSPS) is 15.4. The molecule has 1 aromatic carbocycles. The van der Waals surface area contributed by atoms with Crippen molar-refractivity contribution >= 4 is 5.91 Å². The molecule has 2 aromatic rings. The highest BCUT2D eigenvalue weighted by atomic mass is 16.5. The van der Waals surface area contributed by atoms with E-state index >= 15 is 0 Å². The Morgan fingerprint density at radius 2 is 2.07 bits per heavy atom. The van der Waals surface area contributed by atoms with E-state index in [2.05, 4.69) is 32.7 Å². The average Bonchev–Trinajstić information content (AvgIpc) is 3.17. The van der Waals surface area contributed by atoms with Crippen LogP contribution in [0.15, 0.2) is 24.3 Å². The number of nitrogens with zero attached hydrogens (tertiary/aromatic N) is 5. The van der Waals surface area contributed by atoms with Gasteiger partial charge >= 0.3 is 0 Å². The van der Waals surface area contributed by atoms with Crippen LogP contribution < -0.4 is 10.1 Å². The van der Waals surface area contributed by atoms with Crippen LogP contribution >= 0.6 is 0 Å². The van der Waals surface area contributed by atoms with E-state index in [-0.39, 0.29) is 5.91 Å². The molecular weight excluding hydrogens is 368 g/mol. The molecule has 0 unspecified atom stereocenters. The monoisotopic (exact) mass is 400 g/mol. The number of methoxy groups -OCH3 is 1. The summed E-state index contributed by atoms with van der Waals surface area (Å²) in [6.45, 7) is 6.55. The number of tetrazole rings is 1. The van der Waals surface area contributed by atoms with Crippen LogP contribution in [-0.2, 0) is 24.3 Å². The first-order valence-electron chi connectivity index (χ1n) is 10.5. The van der Waals surface area contributed by atoms with Gasteiger partial charge in [0.25, 0.3) is 0 Å². The third-order valence-corrected chi connectivity index (χ3v) is 5.53. The predicted octanol–water partition coefficient (Wildman–Crippen LogP) is 2.05. The van der Waals surface area contributed by atoms with Crippen LogP contribution in [0.5, 0.6) is 5.75 Å². The van der Waals surface area contributed by atoms with E-state index in [9.17, 15) is 4.79 Å². The van der Waals surface area contributed by atoms with Gasteiger partial charge in [0.15, 0.2) is 5.82 Å². The number of carbonyl (C=O) groups excluding carboxylic acids is 1. The van der Waals surface area contributed by atoms with Crippen molar-refractivity contribution < 1.29 is 9.53 Å². The predicted molar refractivity (Wildman–Crippen MR) is 110 cm³/mol. The minimum Gasteiger partial charge on any atom is -0.496 e. The lowest BCUT2D eigenvalue weighted by molar-refractivity contribution is -0.121. The van der Waals surface area contributed by atoms with Crippen LogP contribution in [0.25, 0.3) is 0 Å². The maximum absolute atomic E-state index is 12.1. The molecule has 0 spiro atoms. The quantitative estimate of drug-likeness (QED) is 0.657. The van der Waals surface area contributed by atoms with Crippen molar-refractivity contribution in [2.24, 2.45) is 5.92 Å². The van der Waals surface area contributed by atoms with Gasteiger partial charge < -0.3 is 10.1 Å². The smallest absolute Gasteiger partial charge is 0.220 e. The van der Waals surface area contributed by atoms with E-state index in [0.29, 0.717) is 19.5 Å². The van der Waals surface area contributed by atoms with Gasteiger partial charge in [0.05, 0.1) is 13.7 Å². The Labute approximate surface area is 172 Å². The zero-order valence-corrected chi connectivity index (χ0v) is 17.5. The van der Waals surface area contributed by atoms with Crippen LogP contribution in [0.4, 0.5) is 0 Å². The zero-order valence-electron chi connectivity index (χ0n) is 17.5. The van der Waals surface area contributed by atoms with Crippen molar-refractivity contribution in [3.8, 4) is 5.75 Å². The number of para-hydroxylation sites is 1. The highest BCUT2D eigenvalue weighted by molar-refractivity contribution is 5.75. The Bertz CT molecular complexity index is 770. The van der Waals surface area contributed by atoms with Gasteiger partial charge in [0.2, 0.25) is 5.91 Å². The van der Waals surface area contributed by atoms with Gasteiger partial charge in [-0.25, -0.2) is 4.68 Å². The summed E-state index contributed by atoms with van der Waals surface area (Å²) in [6, 6.07) is 7.88. The Hall–Kier alpha value is -2.48. The summed E-state index contributed by atoms with van der Waals surface area (Å²) < 4.78 is 7.18. The molecule has 1 fully saturated rings. The summed E-state index contributed by atoms with van der Waals surface area (Å²) >= 11 is 0. The van der Waals surface area contributed by atoms with Gasteiger partial charge in [0, 0.05) is 19.5 Å². The lowest BCUT2D eigenvalue weighted by Crippen LogP contribution is -2.33. The van der Waals surface area contributed by atoms with Gasteiger partial charge in [-0.15, -0.1) is 5.10 Å². The number of aromatic nitrogens is 4. The fourth-order valence-electron chi connectivity index (χ4n) is 3.65. The van der Waals surface area contributed by atoms with Crippen LogP contribution in [0.1, 0.15) is 44.0 Å². The molecule has 8 nitrogen and oxygen atoms in total. The first-order valence-corrected chi connectivity index (χ1v) is 10.5. The fraction of sp³-hybridized carbons (Fsp3) is 0.619. The standard InChI is InChI=1S/C21H32N6O2/c1-17-10-14-26(15-11-17)16-20-23-24-25-27(20)13-5-8-21(28)22-12-9-18-6-3-4-7-19(18)29-2/h3-4,6-7,17H,5,8-16H2,1-2H3,(H,22,28). The molecule has 8 heteroatoms. The van der Waals surface area contributed by atoms with E-state index in [1.165, 1.54) is 12.8 Å². The van der Waals surface area contributed by atoms with Gasteiger partial charge in [-0.05, 0) is 66.7 Å². The zero-order chi connectivity index (χ0) is 20.5. The molecule has 0 bridgehead atoms. The maximum atomic E-state index is 12.1. The average molecular weight is 401 g/mol. The Morgan fingerprint density at radius 3 is 2.86 bits per heavy atom. The van der Waals surface area contributed by atoms with Crippen molar-refractivity contribution in [1.29, 1.82) is 0 Å². The number of piperidine rings is 1. The van der Waals surface area contributed by atoms with Crippen LogP contribution in [-0.4, -0.2) is 57.8 Å². The second kappa shape index (κ2) is 10.9. The first kappa shape index (κ1) is 21.2. The second-order valence-corrected chi connectivity index (χ2v) is 7.79. The highest BCUT2D eigenvalue weighted by Gasteiger charge is 2.18. The number of likely N-dealkylation sites (tertiary alicyclic amines) is 1. The third kappa shape index (κ3) is 6.52. The Kier molecular flexibility index (Phi) is 7.98. The lowest BCUT2D eigenvalue weighted by atomic mass is 9.99. The molecular formula is C21H32N6O2. The van der Waals surface area contributed by atoms with Crippen LogP contribution in [0.2, 0.25) is 0 Å². The van der Waals surface area contributed by atoms with Crippen molar-refractivity contribution in [1.82, 2.24) is 30.4 Å². The summed E-state index contributed by atoms with van der Waals surface area (Å²) in [5.74, 6) is 2.61. The number of carbonyl (C=O) groups is 1. The second-order valence-electron chi connectivity index (χ2n) is 7.79. The molecule has 0 radical (unpaired) electrons. The molecule has 1 N–H and O–H groups in total.